The van der Waals surface area contributed by atoms with Crippen molar-refractivity contribution in [3.8, 4) is 11.5 Å². The monoisotopic (exact) mass is 436 g/mol. The Bertz CT molecular complexity index is 1360. The second-order valence-corrected chi connectivity index (χ2v) is 8.20. The van der Waals surface area contributed by atoms with E-state index in [1.54, 1.807) is 25.3 Å². The molecule has 0 bridgehead atoms. The zero-order valence-corrected chi connectivity index (χ0v) is 17.8. The van der Waals surface area contributed by atoms with Crippen molar-refractivity contribution in [2.24, 2.45) is 0 Å². The molecule has 3 aromatic heterocycles. The van der Waals surface area contributed by atoms with Gasteiger partial charge < -0.3 is 20.0 Å². The number of aryl methyl sites for hydroxylation is 1. The van der Waals surface area contributed by atoms with E-state index in [0.29, 0.717) is 39.3 Å². The molecular weight excluding hydrogens is 416 g/mol. The Balaban J connectivity index is 1.61. The minimum absolute atomic E-state index is 0.0671. The molecule has 0 spiro atoms. The van der Waals surface area contributed by atoms with E-state index >= 15 is 0 Å². The number of rotatable bonds is 5. The first kappa shape index (κ1) is 19.6. The van der Waals surface area contributed by atoms with Gasteiger partial charge in [-0.2, -0.15) is 0 Å². The molecule has 0 saturated heterocycles. The number of hydrogen-bond donors (Lipinski definition) is 2. The van der Waals surface area contributed by atoms with E-state index in [9.17, 15) is 4.79 Å². The number of nitrogens with one attached hydrogen (secondary N) is 1. The number of benzene rings is 1. The van der Waals surface area contributed by atoms with Crippen LogP contribution in [-0.4, -0.2) is 19.7 Å². The van der Waals surface area contributed by atoms with Crippen LogP contribution < -0.4 is 16.6 Å². The fourth-order valence-electron chi connectivity index (χ4n) is 3.88. The van der Waals surface area contributed by atoms with Crippen LogP contribution in [0.3, 0.4) is 0 Å². The number of pyridine rings is 2. The largest absolute Gasteiger partial charge is 0.421 e. The van der Waals surface area contributed by atoms with Crippen LogP contribution in [0.4, 0.5) is 11.5 Å². The number of nitrogen functional groups attached to an aromatic ring is 1. The van der Waals surface area contributed by atoms with E-state index in [-0.39, 0.29) is 17.6 Å². The van der Waals surface area contributed by atoms with Gasteiger partial charge in [-0.1, -0.05) is 23.7 Å². The zero-order valence-electron chi connectivity index (χ0n) is 17.1. The number of anilines is 2. The maximum Gasteiger partial charge on any atom is 0.260 e. The fraction of sp³-hybridized carbons (Fsp3) is 0.273. The Labute approximate surface area is 183 Å². The number of hydrogen-bond acceptors (Lipinski definition) is 7. The van der Waals surface area contributed by atoms with E-state index in [0.717, 1.165) is 23.9 Å². The quantitative estimate of drug-likeness (QED) is 0.473. The topological polar surface area (TPSA) is 112 Å². The number of aromatic nitrogens is 4. The smallest absolute Gasteiger partial charge is 0.260 e. The first-order valence-electron chi connectivity index (χ1n) is 10.1. The normalized spacial score (nSPS) is 14.7. The van der Waals surface area contributed by atoms with Crippen molar-refractivity contribution in [1.82, 2.24) is 19.7 Å². The van der Waals surface area contributed by atoms with Gasteiger partial charge in [0.1, 0.15) is 11.4 Å². The Morgan fingerprint density at radius 2 is 2.10 bits per heavy atom. The zero-order chi connectivity index (χ0) is 21.7. The fourth-order valence-corrected chi connectivity index (χ4v) is 4.15. The van der Waals surface area contributed by atoms with Gasteiger partial charge in [0.25, 0.3) is 11.4 Å². The molecular formula is C22H21ClN6O2. The van der Waals surface area contributed by atoms with Crippen molar-refractivity contribution in [3.05, 3.63) is 63.5 Å². The van der Waals surface area contributed by atoms with Crippen molar-refractivity contribution in [1.29, 1.82) is 0 Å². The molecule has 4 aromatic rings. The summed E-state index contributed by atoms with van der Waals surface area (Å²) in [7, 11) is 0. The number of nitrogens with two attached hydrogens (primary N) is 1. The molecule has 1 aliphatic carbocycles. The second kappa shape index (κ2) is 7.39. The molecule has 1 saturated carbocycles. The highest BCUT2D eigenvalue weighted by atomic mass is 35.5. The van der Waals surface area contributed by atoms with Gasteiger partial charge in [0.15, 0.2) is 0 Å². The summed E-state index contributed by atoms with van der Waals surface area (Å²) in [5.41, 5.74) is 8.01. The summed E-state index contributed by atoms with van der Waals surface area (Å²) in [5.74, 6) is 1.24. The first-order valence-corrected chi connectivity index (χ1v) is 10.5. The SMILES string of the molecule is Cc1nnc(-c2c(N)ccnc2N[C@@H](C)c2cc3cccc(Cl)c3c(=O)n2C2CC2)o1. The van der Waals surface area contributed by atoms with Gasteiger partial charge >= 0.3 is 0 Å². The molecule has 1 atom stereocenters. The Morgan fingerprint density at radius 1 is 1.29 bits per heavy atom. The Morgan fingerprint density at radius 3 is 2.81 bits per heavy atom. The molecule has 158 valence electrons. The average molecular weight is 437 g/mol. The maximum absolute atomic E-state index is 13.3. The molecule has 0 unspecified atom stereocenters. The predicted molar refractivity (Wildman–Crippen MR) is 120 cm³/mol. The molecule has 5 rings (SSSR count). The van der Waals surface area contributed by atoms with Gasteiger partial charge in [0.05, 0.1) is 16.5 Å². The molecule has 1 aliphatic rings. The predicted octanol–water partition coefficient (Wildman–Crippen LogP) is 4.50. The third-order valence-corrected chi connectivity index (χ3v) is 5.81. The van der Waals surface area contributed by atoms with Crippen LogP contribution >= 0.6 is 11.6 Å². The minimum Gasteiger partial charge on any atom is -0.421 e. The third kappa shape index (κ3) is 3.42. The van der Waals surface area contributed by atoms with Crippen LogP contribution in [0.5, 0.6) is 0 Å². The molecule has 8 nitrogen and oxygen atoms in total. The Kier molecular flexibility index (Phi) is 4.66. The number of fused-ring (bicyclic) bond motifs is 1. The van der Waals surface area contributed by atoms with Crippen LogP contribution in [0.1, 0.15) is 43.4 Å². The summed E-state index contributed by atoms with van der Waals surface area (Å²) in [4.78, 5) is 17.8. The lowest BCUT2D eigenvalue weighted by Gasteiger charge is -2.22. The molecule has 1 aromatic carbocycles. The van der Waals surface area contributed by atoms with Gasteiger partial charge in [-0.05, 0) is 43.4 Å². The van der Waals surface area contributed by atoms with Crippen LogP contribution in [0.15, 0.2) is 45.7 Å². The highest BCUT2D eigenvalue weighted by molar-refractivity contribution is 6.35. The van der Waals surface area contributed by atoms with Crippen molar-refractivity contribution < 1.29 is 4.42 Å². The molecule has 3 heterocycles. The summed E-state index contributed by atoms with van der Waals surface area (Å²) >= 11 is 6.35. The number of halogens is 1. The van der Waals surface area contributed by atoms with Crippen LogP contribution in [0.25, 0.3) is 22.2 Å². The summed E-state index contributed by atoms with van der Waals surface area (Å²) < 4.78 is 7.44. The molecule has 31 heavy (non-hydrogen) atoms. The van der Waals surface area contributed by atoms with E-state index < -0.39 is 0 Å². The maximum atomic E-state index is 13.3. The van der Waals surface area contributed by atoms with Crippen molar-refractivity contribution in [2.75, 3.05) is 11.1 Å². The lowest BCUT2D eigenvalue weighted by atomic mass is 10.1. The number of nitrogens with zero attached hydrogens (tertiary/aromatic N) is 4. The molecule has 9 heteroatoms. The minimum atomic E-state index is -0.242. The van der Waals surface area contributed by atoms with Gasteiger partial charge in [0.2, 0.25) is 5.89 Å². The van der Waals surface area contributed by atoms with E-state index in [1.165, 1.54) is 0 Å². The molecule has 0 radical (unpaired) electrons. The summed E-state index contributed by atoms with van der Waals surface area (Å²) in [6.45, 7) is 3.70. The summed E-state index contributed by atoms with van der Waals surface area (Å²) in [6.07, 6.45) is 3.56. The van der Waals surface area contributed by atoms with Gasteiger partial charge in [-0.25, -0.2) is 4.98 Å². The van der Waals surface area contributed by atoms with Gasteiger partial charge in [-0.15, -0.1) is 10.2 Å². The van der Waals surface area contributed by atoms with E-state index in [2.05, 4.69) is 20.5 Å². The molecule has 1 fully saturated rings. The van der Waals surface area contributed by atoms with Crippen molar-refractivity contribution in [2.45, 2.75) is 38.8 Å². The molecule has 3 N–H and O–H groups in total. The van der Waals surface area contributed by atoms with E-state index in [4.69, 9.17) is 21.8 Å². The highest BCUT2D eigenvalue weighted by Crippen LogP contribution is 2.38. The molecule has 0 aliphatic heterocycles. The van der Waals surface area contributed by atoms with Crippen LogP contribution in [0, 0.1) is 6.92 Å². The van der Waals surface area contributed by atoms with Gasteiger partial charge in [-0.3, -0.25) is 4.79 Å². The lowest BCUT2D eigenvalue weighted by molar-refractivity contribution is 0.533. The lowest BCUT2D eigenvalue weighted by Crippen LogP contribution is -2.26. The standard InChI is InChI=1S/C22H21ClN6O2/c1-11(26-20-19(16(24)8-9-25-20)21-28-27-12(2)31-21)17-10-13-4-3-5-15(23)18(13)22(30)29(17)14-6-7-14/h3-5,8-11,14H,6-7H2,1-2H3,(H3,24,25,26)/t11-/m0/s1. The second-order valence-electron chi connectivity index (χ2n) is 7.80. The third-order valence-electron chi connectivity index (χ3n) is 5.49. The van der Waals surface area contributed by atoms with Gasteiger partial charge in [0, 0.05) is 30.5 Å². The van der Waals surface area contributed by atoms with Crippen LogP contribution in [0.2, 0.25) is 5.02 Å². The highest BCUT2D eigenvalue weighted by Gasteiger charge is 2.30. The summed E-state index contributed by atoms with van der Waals surface area (Å²) in [6, 6.07) is 9.14. The summed E-state index contributed by atoms with van der Waals surface area (Å²) in [5, 5.41) is 13.2. The molecule has 0 amide bonds. The van der Waals surface area contributed by atoms with Crippen molar-refractivity contribution >= 4 is 33.9 Å². The first-order chi connectivity index (χ1) is 14.9. The van der Waals surface area contributed by atoms with E-state index in [1.807, 2.05) is 29.7 Å². The average Bonchev–Trinajstić information content (AvgIpc) is 3.48. The van der Waals surface area contributed by atoms with Crippen molar-refractivity contribution in [3.63, 3.8) is 0 Å². The van der Waals surface area contributed by atoms with Crippen LogP contribution in [-0.2, 0) is 0 Å². The Hall–Kier alpha value is -3.39.